The maximum absolute atomic E-state index is 10.3. The van der Waals surface area contributed by atoms with Crippen LogP contribution in [0.1, 0.15) is 18.9 Å². The van der Waals surface area contributed by atoms with Gasteiger partial charge in [-0.15, -0.1) is 0 Å². The summed E-state index contributed by atoms with van der Waals surface area (Å²) in [5, 5.41) is 9.15. The first-order chi connectivity index (χ1) is 7.13. The van der Waals surface area contributed by atoms with Gasteiger partial charge in [0, 0.05) is 5.02 Å². The van der Waals surface area contributed by atoms with Crippen LogP contribution in [-0.4, -0.2) is 17.7 Å². The first-order valence-corrected chi connectivity index (χ1v) is 5.14. The minimum atomic E-state index is -0.861. The van der Waals surface area contributed by atoms with Crippen molar-refractivity contribution in [1.82, 2.24) is 0 Å². The van der Waals surface area contributed by atoms with E-state index in [4.69, 9.17) is 21.4 Å². The average Bonchev–Trinajstić information content (AvgIpc) is 2.20. The zero-order valence-electron chi connectivity index (χ0n) is 8.50. The summed E-state index contributed by atoms with van der Waals surface area (Å²) in [6.45, 7) is 2.18. The van der Waals surface area contributed by atoms with Crippen LogP contribution in [0.5, 0.6) is 5.75 Å². The van der Waals surface area contributed by atoms with Crippen molar-refractivity contribution >= 4 is 17.6 Å². The molecule has 0 heterocycles. The average molecular weight is 229 g/mol. The highest BCUT2D eigenvalue weighted by Crippen LogP contribution is 2.22. The van der Waals surface area contributed by atoms with Crippen molar-refractivity contribution in [3.05, 3.63) is 28.8 Å². The molecule has 4 heteroatoms. The monoisotopic (exact) mass is 228 g/mol. The van der Waals surface area contributed by atoms with Crippen molar-refractivity contribution in [1.29, 1.82) is 0 Å². The van der Waals surface area contributed by atoms with E-state index in [2.05, 4.69) is 0 Å². The molecule has 0 atom stereocenters. The number of aryl methyl sites for hydroxylation is 1. The second-order valence-corrected chi connectivity index (χ2v) is 3.51. The fourth-order valence-electron chi connectivity index (χ4n) is 1.17. The molecular formula is C11H13ClO3. The van der Waals surface area contributed by atoms with Crippen LogP contribution in [-0.2, 0) is 11.2 Å². The Morgan fingerprint density at radius 2 is 2.27 bits per heavy atom. The number of aliphatic carboxylic acids is 1. The lowest BCUT2D eigenvalue weighted by molar-refractivity contribution is -0.137. The summed E-state index contributed by atoms with van der Waals surface area (Å²) < 4.78 is 5.27. The first kappa shape index (κ1) is 11.9. The Labute approximate surface area is 93.6 Å². The van der Waals surface area contributed by atoms with Crippen LogP contribution >= 0.6 is 11.6 Å². The molecule has 15 heavy (non-hydrogen) atoms. The van der Waals surface area contributed by atoms with Crippen LogP contribution in [0.3, 0.4) is 0 Å². The highest BCUT2D eigenvalue weighted by Gasteiger charge is 2.02. The second kappa shape index (κ2) is 5.61. The van der Waals surface area contributed by atoms with Crippen molar-refractivity contribution < 1.29 is 14.6 Å². The van der Waals surface area contributed by atoms with Gasteiger partial charge in [0.15, 0.2) is 0 Å². The molecule has 0 aliphatic carbocycles. The standard InChI is InChI=1S/C11H13ClO3/c1-2-8-7-9(3-4-10(8)12)15-6-5-11(13)14/h3-4,7H,2,5-6H2,1H3,(H,13,14). The fraction of sp³-hybridized carbons (Fsp3) is 0.364. The molecule has 0 aromatic heterocycles. The summed E-state index contributed by atoms with van der Waals surface area (Å²) in [6, 6.07) is 5.34. The van der Waals surface area contributed by atoms with Crippen molar-refractivity contribution in [2.45, 2.75) is 19.8 Å². The number of carbonyl (C=O) groups is 1. The topological polar surface area (TPSA) is 46.5 Å². The maximum atomic E-state index is 10.3. The minimum Gasteiger partial charge on any atom is -0.493 e. The van der Waals surface area contributed by atoms with Gasteiger partial charge in [0.1, 0.15) is 5.75 Å². The molecular weight excluding hydrogens is 216 g/mol. The number of rotatable bonds is 5. The van der Waals surface area contributed by atoms with E-state index in [0.29, 0.717) is 10.8 Å². The number of hydrogen-bond acceptors (Lipinski definition) is 2. The number of benzene rings is 1. The molecule has 1 N–H and O–H groups in total. The molecule has 0 aliphatic rings. The number of carboxylic acid groups (broad SMARTS) is 1. The van der Waals surface area contributed by atoms with Crippen LogP contribution < -0.4 is 4.74 Å². The number of hydrogen-bond donors (Lipinski definition) is 1. The summed E-state index contributed by atoms with van der Waals surface area (Å²) >= 11 is 5.93. The molecule has 1 aromatic carbocycles. The van der Waals surface area contributed by atoms with Gasteiger partial charge in [-0.2, -0.15) is 0 Å². The van der Waals surface area contributed by atoms with Crippen LogP contribution in [0.25, 0.3) is 0 Å². The Morgan fingerprint density at radius 3 is 2.87 bits per heavy atom. The van der Waals surface area contributed by atoms with Gasteiger partial charge < -0.3 is 9.84 Å². The van der Waals surface area contributed by atoms with Crippen molar-refractivity contribution in [3.8, 4) is 5.75 Å². The Balaban J connectivity index is 2.58. The minimum absolute atomic E-state index is 0.00405. The maximum Gasteiger partial charge on any atom is 0.306 e. The van der Waals surface area contributed by atoms with Gasteiger partial charge in [-0.05, 0) is 30.2 Å². The Kier molecular flexibility index (Phi) is 4.43. The number of ether oxygens (including phenoxy) is 1. The summed E-state index contributed by atoms with van der Waals surface area (Å²) in [6.07, 6.45) is 0.832. The van der Waals surface area contributed by atoms with Crippen LogP contribution in [0, 0.1) is 0 Å². The predicted molar refractivity (Wildman–Crippen MR) is 58.6 cm³/mol. The van der Waals surface area contributed by atoms with Gasteiger partial charge >= 0.3 is 5.97 Å². The number of carboxylic acids is 1. The normalized spacial score (nSPS) is 10.0. The zero-order chi connectivity index (χ0) is 11.3. The highest BCUT2D eigenvalue weighted by atomic mass is 35.5. The molecule has 0 fully saturated rings. The van der Waals surface area contributed by atoms with E-state index in [0.717, 1.165) is 12.0 Å². The van der Waals surface area contributed by atoms with Crippen molar-refractivity contribution in [2.24, 2.45) is 0 Å². The molecule has 82 valence electrons. The molecule has 0 bridgehead atoms. The van der Waals surface area contributed by atoms with Gasteiger partial charge in [0.05, 0.1) is 13.0 Å². The fourth-order valence-corrected chi connectivity index (χ4v) is 1.42. The first-order valence-electron chi connectivity index (χ1n) is 4.76. The molecule has 1 rings (SSSR count). The van der Waals surface area contributed by atoms with Gasteiger partial charge in [0.25, 0.3) is 0 Å². The van der Waals surface area contributed by atoms with Crippen LogP contribution in [0.4, 0.5) is 0 Å². The third kappa shape index (κ3) is 3.80. The Bertz CT molecular complexity index is 350. The van der Waals surface area contributed by atoms with Crippen LogP contribution in [0.15, 0.2) is 18.2 Å². The quantitative estimate of drug-likeness (QED) is 0.843. The molecule has 0 aliphatic heterocycles. The molecule has 1 aromatic rings. The van der Waals surface area contributed by atoms with Gasteiger partial charge in [-0.25, -0.2) is 0 Å². The summed E-state index contributed by atoms with van der Waals surface area (Å²) in [4.78, 5) is 10.3. The van der Waals surface area contributed by atoms with E-state index in [1.54, 1.807) is 12.1 Å². The highest BCUT2D eigenvalue weighted by molar-refractivity contribution is 6.31. The van der Waals surface area contributed by atoms with Gasteiger partial charge in [0.2, 0.25) is 0 Å². The summed E-state index contributed by atoms with van der Waals surface area (Å²) in [5.74, 6) is -0.197. The van der Waals surface area contributed by atoms with E-state index >= 15 is 0 Å². The van der Waals surface area contributed by atoms with E-state index in [1.807, 2.05) is 13.0 Å². The lowest BCUT2D eigenvalue weighted by Crippen LogP contribution is -2.04. The third-order valence-electron chi connectivity index (χ3n) is 1.98. The Morgan fingerprint density at radius 1 is 1.53 bits per heavy atom. The second-order valence-electron chi connectivity index (χ2n) is 3.10. The smallest absolute Gasteiger partial charge is 0.306 e. The largest absolute Gasteiger partial charge is 0.493 e. The van der Waals surface area contributed by atoms with Gasteiger partial charge in [-0.1, -0.05) is 18.5 Å². The van der Waals surface area contributed by atoms with Crippen molar-refractivity contribution in [3.63, 3.8) is 0 Å². The molecule has 3 nitrogen and oxygen atoms in total. The van der Waals surface area contributed by atoms with Gasteiger partial charge in [-0.3, -0.25) is 4.79 Å². The van der Waals surface area contributed by atoms with Crippen LogP contribution in [0.2, 0.25) is 5.02 Å². The lowest BCUT2D eigenvalue weighted by atomic mass is 10.1. The molecule has 0 amide bonds. The third-order valence-corrected chi connectivity index (χ3v) is 2.35. The van der Waals surface area contributed by atoms with E-state index in [-0.39, 0.29) is 13.0 Å². The summed E-state index contributed by atoms with van der Waals surface area (Å²) in [5.41, 5.74) is 1.00. The SMILES string of the molecule is CCc1cc(OCCC(=O)O)ccc1Cl. The number of halogens is 1. The molecule has 0 radical (unpaired) electrons. The van der Waals surface area contributed by atoms with E-state index in [1.165, 1.54) is 0 Å². The zero-order valence-corrected chi connectivity index (χ0v) is 9.25. The Hall–Kier alpha value is -1.22. The molecule has 0 unspecified atom stereocenters. The molecule has 0 saturated heterocycles. The van der Waals surface area contributed by atoms with E-state index < -0.39 is 5.97 Å². The summed E-state index contributed by atoms with van der Waals surface area (Å²) in [7, 11) is 0. The van der Waals surface area contributed by atoms with E-state index in [9.17, 15) is 4.79 Å². The van der Waals surface area contributed by atoms with Crippen molar-refractivity contribution in [2.75, 3.05) is 6.61 Å². The molecule has 0 saturated carbocycles. The lowest BCUT2D eigenvalue weighted by Gasteiger charge is -2.07. The predicted octanol–water partition coefficient (Wildman–Crippen LogP) is 2.76. The molecule has 0 spiro atoms.